The van der Waals surface area contributed by atoms with Crippen LogP contribution in [-0.2, 0) is 9.53 Å². The lowest BCUT2D eigenvalue weighted by Crippen LogP contribution is -2.14. The van der Waals surface area contributed by atoms with E-state index in [-0.39, 0.29) is 5.97 Å². The standard InChI is InChI=1S/C16H24O3/c1-3-11-19-16(18)10-9-15(17)12-13(2)14-7-5-4-6-8-14/h4-8,13,15,17H,3,9-12H2,1-2H3. The van der Waals surface area contributed by atoms with Crippen molar-refractivity contribution in [1.82, 2.24) is 0 Å². The van der Waals surface area contributed by atoms with Crippen molar-refractivity contribution in [3.63, 3.8) is 0 Å². The Bertz CT molecular complexity index is 362. The molecule has 0 aromatic heterocycles. The van der Waals surface area contributed by atoms with Gasteiger partial charge in [0.25, 0.3) is 0 Å². The maximum Gasteiger partial charge on any atom is 0.305 e. The van der Waals surface area contributed by atoms with E-state index in [1.807, 2.05) is 25.1 Å². The smallest absolute Gasteiger partial charge is 0.305 e. The van der Waals surface area contributed by atoms with E-state index in [0.717, 1.165) is 6.42 Å². The first kappa shape index (κ1) is 15.7. The number of ether oxygens (including phenoxy) is 1. The Morgan fingerprint density at radius 3 is 2.63 bits per heavy atom. The highest BCUT2D eigenvalue weighted by molar-refractivity contribution is 5.69. The van der Waals surface area contributed by atoms with Gasteiger partial charge in [-0.3, -0.25) is 4.79 Å². The van der Waals surface area contributed by atoms with Crippen LogP contribution in [0.3, 0.4) is 0 Å². The zero-order valence-electron chi connectivity index (χ0n) is 11.8. The van der Waals surface area contributed by atoms with Gasteiger partial charge >= 0.3 is 5.97 Å². The molecule has 3 heteroatoms. The average molecular weight is 264 g/mol. The SMILES string of the molecule is CCCOC(=O)CCC(O)CC(C)c1ccccc1. The highest BCUT2D eigenvalue weighted by Gasteiger charge is 2.14. The number of aliphatic hydroxyl groups excluding tert-OH is 1. The summed E-state index contributed by atoms with van der Waals surface area (Å²) in [5.74, 6) is 0.0797. The molecule has 3 nitrogen and oxygen atoms in total. The van der Waals surface area contributed by atoms with Gasteiger partial charge in [-0.15, -0.1) is 0 Å². The van der Waals surface area contributed by atoms with Crippen molar-refractivity contribution in [3.8, 4) is 0 Å². The fraction of sp³-hybridized carbons (Fsp3) is 0.562. The Kier molecular flexibility index (Phi) is 7.19. The van der Waals surface area contributed by atoms with Crippen LogP contribution in [0, 0.1) is 0 Å². The molecule has 1 aromatic rings. The molecular formula is C16H24O3. The minimum atomic E-state index is -0.454. The van der Waals surface area contributed by atoms with E-state index >= 15 is 0 Å². The van der Waals surface area contributed by atoms with Gasteiger partial charge in [0.15, 0.2) is 0 Å². The third-order valence-corrected chi connectivity index (χ3v) is 3.14. The lowest BCUT2D eigenvalue weighted by Gasteiger charge is -2.16. The molecule has 1 rings (SSSR count). The summed E-state index contributed by atoms with van der Waals surface area (Å²) in [5, 5.41) is 9.95. The number of hydrogen-bond acceptors (Lipinski definition) is 3. The van der Waals surface area contributed by atoms with E-state index in [1.54, 1.807) is 0 Å². The van der Waals surface area contributed by atoms with Crippen molar-refractivity contribution in [3.05, 3.63) is 35.9 Å². The van der Waals surface area contributed by atoms with E-state index in [4.69, 9.17) is 4.74 Å². The second-order valence-electron chi connectivity index (χ2n) is 4.96. The monoisotopic (exact) mass is 264 g/mol. The molecule has 0 aliphatic heterocycles. The molecule has 0 saturated heterocycles. The van der Waals surface area contributed by atoms with Crippen LogP contribution < -0.4 is 0 Å². The summed E-state index contributed by atoms with van der Waals surface area (Å²) in [6.07, 6.45) is 1.82. The maximum atomic E-state index is 11.3. The van der Waals surface area contributed by atoms with E-state index in [2.05, 4.69) is 19.1 Å². The van der Waals surface area contributed by atoms with Crippen molar-refractivity contribution in [2.45, 2.75) is 51.6 Å². The van der Waals surface area contributed by atoms with Crippen LogP contribution in [0.25, 0.3) is 0 Å². The normalized spacial score (nSPS) is 13.8. The minimum absolute atomic E-state index is 0.215. The van der Waals surface area contributed by atoms with Crippen LogP contribution >= 0.6 is 0 Å². The Labute approximate surface area is 115 Å². The Balaban J connectivity index is 2.27. The van der Waals surface area contributed by atoms with Gasteiger partial charge in [0.1, 0.15) is 0 Å². The summed E-state index contributed by atoms with van der Waals surface area (Å²) >= 11 is 0. The number of hydrogen-bond donors (Lipinski definition) is 1. The number of esters is 1. The molecule has 0 heterocycles. The molecule has 0 fully saturated rings. The zero-order valence-corrected chi connectivity index (χ0v) is 11.8. The Morgan fingerprint density at radius 2 is 2.00 bits per heavy atom. The van der Waals surface area contributed by atoms with Gasteiger partial charge in [0.2, 0.25) is 0 Å². The third-order valence-electron chi connectivity index (χ3n) is 3.14. The first-order valence-electron chi connectivity index (χ1n) is 7.02. The second kappa shape index (κ2) is 8.70. The van der Waals surface area contributed by atoms with Gasteiger partial charge < -0.3 is 9.84 Å². The summed E-state index contributed by atoms with van der Waals surface area (Å²) in [7, 11) is 0. The Hall–Kier alpha value is -1.35. The predicted molar refractivity (Wildman–Crippen MR) is 76.0 cm³/mol. The van der Waals surface area contributed by atoms with Crippen molar-refractivity contribution in [2.75, 3.05) is 6.61 Å². The molecule has 0 spiro atoms. The zero-order chi connectivity index (χ0) is 14.1. The molecule has 19 heavy (non-hydrogen) atoms. The molecule has 1 N–H and O–H groups in total. The summed E-state index contributed by atoms with van der Waals surface area (Å²) in [5.41, 5.74) is 1.22. The number of carbonyl (C=O) groups excluding carboxylic acids is 1. The van der Waals surface area contributed by atoms with Crippen LogP contribution in [0.5, 0.6) is 0 Å². The van der Waals surface area contributed by atoms with Crippen molar-refractivity contribution >= 4 is 5.97 Å². The highest BCUT2D eigenvalue weighted by atomic mass is 16.5. The van der Waals surface area contributed by atoms with E-state index in [0.29, 0.717) is 31.8 Å². The van der Waals surface area contributed by atoms with Crippen LogP contribution in [0.2, 0.25) is 0 Å². The quantitative estimate of drug-likeness (QED) is 0.733. The summed E-state index contributed by atoms with van der Waals surface area (Å²) < 4.78 is 4.98. The summed E-state index contributed by atoms with van der Waals surface area (Å²) in [6, 6.07) is 10.1. The molecule has 0 radical (unpaired) electrons. The van der Waals surface area contributed by atoms with E-state index in [9.17, 15) is 9.90 Å². The molecule has 2 atom stereocenters. The lowest BCUT2D eigenvalue weighted by atomic mass is 9.93. The van der Waals surface area contributed by atoms with Gasteiger partial charge in [-0.1, -0.05) is 44.2 Å². The van der Waals surface area contributed by atoms with Crippen molar-refractivity contribution in [2.24, 2.45) is 0 Å². The van der Waals surface area contributed by atoms with E-state index in [1.165, 1.54) is 5.56 Å². The van der Waals surface area contributed by atoms with Crippen LogP contribution in [0.15, 0.2) is 30.3 Å². The van der Waals surface area contributed by atoms with Crippen LogP contribution in [0.1, 0.15) is 51.0 Å². The van der Waals surface area contributed by atoms with Gasteiger partial charge in [0.05, 0.1) is 12.7 Å². The largest absolute Gasteiger partial charge is 0.466 e. The van der Waals surface area contributed by atoms with Crippen LogP contribution in [-0.4, -0.2) is 23.8 Å². The van der Waals surface area contributed by atoms with Crippen molar-refractivity contribution < 1.29 is 14.6 Å². The minimum Gasteiger partial charge on any atom is -0.466 e. The lowest BCUT2D eigenvalue weighted by molar-refractivity contribution is -0.144. The van der Waals surface area contributed by atoms with Gasteiger partial charge in [0, 0.05) is 6.42 Å². The molecule has 106 valence electrons. The molecule has 0 bridgehead atoms. The third kappa shape index (κ3) is 6.39. The highest BCUT2D eigenvalue weighted by Crippen LogP contribution is 2.21. The topological polar surface area (TPSA) is 46.5 Å². The first-order chi connectivity index (χ1) is 9.13. The molecule has 2 unspecified atom stereocenters. The molecule has 0 saturated carbocycles. The number of carbonyl (C=O) groups is 1. The van der Waals surface area contributed by atoms with Gasteiger partial charge in [-0.25, -0.2) is 0 Å². The number of benzene rings is 1. The van der Waals surface area contributed by atoms with Gasteiger partial charge in [-0.05, 0) is 30.7 Å². The van der Waals surface area contributed by atoms with Crippen LogP contribution in [0.4, 0.5) is 0 Å². The fourth-order valence-corrected chi connectivity index (χ4v) is 2.02. The number of rotatable bonds is 8. The van der Waals surface area contributed by atoms with E-state index < -0.39 is 6.10 Å². The van der Waals surface area contributed by atoms with Crippen molar-refractivity contribution in [1.29, 1.82) is 0 Å². The average Bonchev–Trinajstić information content (AvgIpc) is 2.43. The molecular weight excluding hydrogens is 240 g/mol. The molecule has 0 aliphatic carbocycles. The first-order valence-corrected chi connectivity index (χ1v) is 7.02. The molecule has 0 aliphatic rings. The predicted octanol–water partition coefficient (Wildman–Crippen LogP) is 3.27. The maximum absolute atomic E-state index is 11.3. The molecule has 0 amide bonds. The fourth-order valence-electron chi connectivity index (χ4n) is 2.02. The summed E-state index contributed by atoms with van der Waals surface area (Å²) in [4.78, 5) is 11.3. The Morgan fingerprint density at radius 1 is 1.32 bits per heavy atom. The van der Waals surface area contributed by atoms with Gasteiger partial charge in [-0.2, -0.15) is 0 Å². The molecule has 1 aromatic carbocycles. The second-order valence-corrected chi connectivity index (χ2v) is 4.96. The number of aliphatic hydroxyl groups is 1. The summed E-state index contributed by atoms with van der Waals surface area (Å²) in [6.45, 7) is 4.52.